The zero-order chi connectivity index (χ0) is 29.2. The van der Waals surface area contributed by atoms with Crippen LogP contribution in [-0.4, -0.2) is 116 Å². The Labute approximate surface area is 248 Å². The van der Waals surface area contributed by atoms with E-state index in [1.165, 1.54) is 0 Å². The van der Waals surface area contributed by atoms with E-state index in [0.29, 0.717) is 31.0 Å². The van der Waals surface area contributed by atoms with Gasteiger partial charge in [0, 0.05) is 56.1 Å². The summed E-state index contributed by atoms with van der Waals surface area (Å²) < 4.78 is 49.6. The average molecular weight is 598 g/mol. The number of rotatable bonds is 6. The molecule has 5 aliphatic heterocycles. The Morgan fingerprint density at radius 1 is 1.05 bits per heavy atom. The van der Waals surface area contributed by atoms with Crippen LogP contribution in [0.5, 0.6) is 0 Å². The van der Waals surface area contributed by atoms with E-state index in [4.69, 9.17) is 4.74 Å². The van der Waals surface area contributed by atoms with E-state index in [1.54, 1.807) is 0 Å². The minimum Gasteiger partial charge on any atom is -0.380 e. The number of carbonyl (C=O) groups excluding carboxylic acids is 1. The number of nitrogens with one attached hydrogen (secondary N) is 3. The molecule has 238 valence electrons. The fourth-order valence-corrected chi connectivity index (χ4v) is 10.1. The van der Waals surface area contributed by atoms with E-state index in [9.17, 15) is 18.0 Å². The van der Waals surface area contributed by atoms with Crippen LogP contribution in [0, 0.1) is 35.0 Å². The summed E-state index contributed by atoms with van der Waals surface area (Å²) in [5.74, 6) is -2.15. The van der Waals surface area contributed by atoms with Gasteiger partial charge in [0.2, 0.25) is 5.91 Å². The highest BCUT2D eigenvalue weighted by atomic mass is 19.4. The number of alkyl halides is 3. The second kappa shape index (κ2) is 11.4. The van der Waals surface area contributed by atoms with Crippen LogP contribution in [0.2, 0.25) is 0 Å². The Bertz CT molecular complexity index is 998. The number of fused-ring (bicyclic) bond motifs is 2. The van der Waals surface area contributed by atoms with Gasteiger partial charge in [-0.2, -0.15) is 13.2 Å². The number of nitrogens with zero attached hydrogens (tertiary/aromatic N) is 4. The first-order valence-electron chi connectivity index (χ1n) is 16.5. The van der Waals surface area contributed by atoms with Gasteiger partial charge in [-0.1, -0.05) is 6.42 Å². The van der Waals surface area contributed by atoms with Gasteiger partial charge in [-0.15, -0.1) is 0 Å². The molecule has 0 radical (unpaired) electrons. The molecule has 7 aliphatic rings. The van der Waals surface area contributed by atoms with Crippen molar-refractivity contribution in [2.75, 3.05) is 60.2 Å². The van der Waals surface area contributed by atoms with Gasteiger partial charge in [-0.25, -0.2) is 15.9 Å². The molecule has 1 amide bonds. The molecule has 9 nitrogen and oxygen atoms in total. The first-order chi connectivity index (χ1) is 20.1. The molecule has 5 heterocycles. The van der Waals surface area contributed by atoms with Gasteiger partial charge in [0.25, 0.3) is 0 Å². The lowest BCUT2D eigenvalue weighted by atomic mass is 9.64. The fraction of sp³-hybridized carbons (Fsp3) is 0.967. The number of hydrogen-bond donors (Lipinski definition) is 3. The van der Waals surface area contributed by atoms with Crippen LogP contribution in [0.25, 0.3) is 0 Å². The van der Waals surface area contributed by atoms with Crippen LogP contribution >= 0.6 is 0 Å². The molecule has 0 aromatic heterocycles. The Hall–Kier alpha value is -1.02. The van der Waals surface area contributed by atoms with Crippen LogP contribution in [0.4, 0.5) is 13.2 Å². The summed E-state index contributed by atoms with van der Waals surface area (Å²) in [6.45, 7) is 5.06. The predicted octanol–water partition coefficient (Wildman–Crippen LogP) is 2.22. The minimum atomic E-state index is -4.27. The van der Waals surface area contributed by atoms with Crippen molar-refractivity contribution in [1.82, 2.24) is 36.0 Å². The maximum absolute atomic E-state index is 14.6. The Morgan fingerprint density at radius 2 is 1.88 bits per heavy atom. The highest BCUT2D eigenvalue weighted by Gasteiger charge is 2.59. The van der Waals surface area contributed by atoms with E-state index in [0.717, 1.165) is 77.9 Å². The lowest BCUT2D eigenvalue weighted by molar-refractivity contribution is -0.204. The Morgan fingerprint density at radius 3 is 2.60 bits per heavy atom. The van der Waals surface area contributed by atoms with Gasteiger partial charge < -0.3 is 9.64 Å². The first kappa shape index (κ1) is 29.7. The zero-order valence-corrected chi connectivity index (χ0v) is 25.2. The van der Waals surface area contributed by atoms with Gasteiger partial charge in [-0.05, 0) is 82.7 Å². The van der Waals surface area contributed by atoms with Gasteiger partial charge >= 0.3 is 6.18 Å². The second-order valence-corrected chi connectivity index (χ2v) is 14.9. The molecular weight excluding hydrogens is 547 g/mol. The van der Waals surface area contributed by atoms with Crippen molar-refractivity contribution in [2.45, 2.75) is 88.3 Å². The van der Waals surface area contributed by atoms with Crippen LogP contribution in [0.15, 0.2) is 0 Å². The summed E-state index contributed by atoms with van der Waals surface area (Å²) in [5.41, 5.74) is 10.2. The van der Waals surface area contributed by atoms with E-state index in [1.807, 2.05) is 11.9 Å². The van der Waals surface area contributed by atoms with Crippen molar-refractivity contribution in [1.29, 1.82) is 0 Å². The van der Waals surface area contributed by atoms with Crippen LogP contribution in [0.1, 0.15) is 57.8 Å². The van der Waals surface area contributed by atoms with Crippen LogP contribution < -0.4 is 16.3 Å². The number of likely N-dealkylation sites (tertiary alicyclic amines) is 2. The van der Waals surface area contributed by atoms with Crippen molar-refractivity contribution in [2.24, 2.45) is 35.0 Å². The van der Waals surface area contributed by atoms with E-state index in [2.05, 4.69) is 38.1 Å². The first-order valence-corrected chi connectivity index (χ1v) is 16.5. The number of amides is 1. The van der Waals surface area contributed by atoms with Gasteiger partial charge in [0.1, 0.15) is 0 Å². The third-order valence-corrected chi connectivity index (χ3v) is 12.3. The maximum atomic E-state index is 14.6. The summed E-state index contributed by atoms with van der Waals surface area (Å²) in [4.78, 5) is 20.6. The van der Waals surface area contributed by atoms with Crippen molar-refractivity contribution < 1.29 is 22.7 Å². The monoisotopic (exact) mass is 597 g/mol. The molecule has 9 atom stereocenters. The highest BCUT2D eigenvalue weighted by molar-refractivity contribution is 5.82. The Kier molecular flexibility index (Phi) is 8.06. The molecule has 2 saturated carbocycles. The van der Waals surface area contributed by atoms with E-state index >= 15 is 0 Å². The minimum absolute atomic E-state index is 0.00342. The van der Waals surface area contributed by atoms with Crippen molar-refractivity contribution in [3.63, 3.8) is 0 Å². The van der Waals surface area contributed by atoms with Gasteiger partial charge in [0.15, 0.2) is 0 Å². The van der Waals surface area contributed by atoms with Gasteiger partial charge in [-0.3, -0.25) is 20.0 Å². The summed E-state index contributed by atoms with van der Waals surface area (Å²) in [6, 6.07) is 0.771. The number of piperidine rings is 1. The zero-order valence-electron chi connectivity index (χ0n) is 25.2. The predicted molar refractivity (Wildman–Crippen MR) is 151 cm³/mol. The smallest absolute Gasteiger partial charge is 0.380 e. The molecule has 9 unspecified atom stereocenters. The molecule has 7 rings (SSSR count). The lowest BCUT2D eigenvalue weighted by Gasteiger charge is -2.52. The number of hydrazine groups is 2. The molecule has 0 aromatic carbocycles. The number of likely N-dealkylation sites (N-methyl/N-ethyl adjacent to an activating group) is 1. The summed E-state index contributed by atoms with van der Waals surface area (Å²) in [5, 5.41) is 2.12. The quantitative estimate of drug-likeness (QED) is 0.431. The second-order valence-electron chi connectivity index (χ2n) is 14.9. The van der Waals surface area contributed by atoms with Crippen LogP contribution in [0.3, 0.4) is 0 Å². The standard InChI is InChI=1S/C30H50F3N7O2/c1-37-18-34-35-27(37)12-29(16-42-17-29)20-5-3-6-21(11-20)40-14-23-22(28(40)41)9-19(10-24(23)30(31,32)33)13-39-8-4-7-25-26(39)15-38(2)36-25/h19-27,34-36H,3-18H2,1-2H3. The fourth-order valence-electron chi connectivity index (χ4n) is 10.1. The van der Waals surface area contributed by atoms with Gasteiger partial charge in [0.05, 0.1) is 32.0 Å². The molecule has 3 N–H and O–H groups in total. The normalized spacial score (nSPS) is 43.4. The average Bonchev–Trinajstić information content (AvgIpc) is 3.62. The van der Waals surface area contributed by atoms with E-state index < -0.39 is 23.9 Å². The van der Waals surface area contributed by atoms with Crippen molar-refractivity contribution in [3.8, 4) is 0 Å². The third kappa shape index (κ3) is 5.41. The molecule has 42 heavy (non-hydrogen) atoms. The molecule has 12 heteroatoms. The van der Waals surface area contributed by atoms with E-state index in [-0.39, 0.29) is 42.4 Å². The van der Waals surface area contributed by atoms with Crippen molar-refractivity contribution in [3.05, 3.63) is 0 Å². The van der Waals surface area contributed by atoms with Crippen molar-refractivity contribution >= 4 is 5.91 Å². The number of hydrogen-bond acceptors (Lipinski definition) is 8. The summed E-state index contributed by atoms with van der Waals surface area (Å²) >= 11 is 0. The summed E-state index contributed by atoms with van der Waals surface area (Å²) in [7, 11) is 4.15. The molecule has 0 aromatic rings. The number of ether oxygens (including phenoxy) is 1. The highest BCUT2D eigenvalue weighted by Crippen LogP contribution is 2.53. The number of carbonyl (C=O) groups is 1. The molecule has 2 aliphatic carbocycles. The maximum Gasteiger partial charge on any atom is 0.392 e. The third-order valence-electron chi connectivity index (χ3n) is 12.3. The largest absolute Gasteiger partial charge is 0.392 e. The lowest BCUT2D eigenvalue weighted by Crippen LogP contribution is -2.56. The molecular formula is C30H50F3N7O2. The Balaban J connectivity index is 1.04. The van der Waals surface area contributed by atoms with Crippen LogP contribution in [-0.2, 0) is 9.53 Å². The topological polar surface area (TPSA) is 75.4 Å². The number of halogens is 3. The summed E-state index contributed by atoms with van der Waals surface area (Å²) in [6.07, 6.45) is 3.80. The molecule has 5 saturated heterocycles. The molecule has 7 fully saturated rings. The molecule has 0 bridgehead atoms. The SMILES string of the molecule is CN1CC2C(CCCN2CC2CC3C(=O)N(C4CCCC(C5(CC6NNCN6C)COC5)C4)CC3C(C(F)(F)F)C2)N1. The molecule has 0 spiro atoms.